The van der Waals surface area contributed by atoms with E-state index in [1.807, 2.05) is 38.1 Å². The second-order valence-electron chi connectivity index (χ2n) is 5.90. The summed E-state index contributed by atoms with van der Waals surface area (Å²) < 4.78 is 16.5. The van der Waals surface area contributed by atoms with E-state index in [2.05, 4.69) is 10.6 Å². The predicted octanol–water partition coefficient (Wildman–Crippen LogP) is 3.69. The summed E-state index contributed by atoms with van der Waals surface area (Å²) in [5, 5.41) is 5.94. The van der Waals surface area contributed by atoms with Crippen LogP contribution in [0.3, 0.4) is 0 Å². The molecule has 0 aliphatic rings. The first kappa shape index (κ1) is 21.5. The number of hydrogen-bond donors (Lipinski definition) is 2. The lowest BCUT2D eigenvalue weighted by Crippen LogP contribution is -2.39. The molecule has 0 aliphatic heterocycles. The molecule has 2 aromatic rings. The second-order valence-corrected chi connectivity index (χ2v) is 6.31. The van der Waals surface area contributed by atoms with Crippen LogP contribution in [0, 0.1) is 0 Å². The predicted molar refractivity (Wildman–Crippen MR) is 113 cm³/mol. The van der Waals surface area contributed by atoms with Crippen molar-refractivity contribution in [3.63, 3.8) is 0 Å². The van der Waals surface area contributed by atoms with Crippen LogP contribution in [-0.4, -0.2) is 31.3 Å². The molecule has 0 saturated heterocycles. The molecule has 0 saturated carbocycles. The number of para-hydroxylation sites is 1. The van der Waals surface area contributed by atoms with E-state index < -0.39 is 0 Å². The monoisotopic (exact) mass is 402 g/mol. The van der Waals surface area contributed by atoms with Crippen LogP contribution in [0.4, 0.5) is 0 Å². The van der Waals surface area contributed by atoms with Gasteiger partial charge in [-0.15, -0.1) is 0 Å². The summed E-state index contributed by atoms with van der Waals surface area (Å²) in [7, 11) is 1.60. The lowest BCUT2D eigenvalue weighted by atomic mass is 10.2. The van der Waals surface area contributed by atoms with E-state index in [1.54, 1.807) is 25.3 Å². The number of thiocarbonyl (C=S) groups is 1. The van der Waals surface area contributed by atoms with E-state index in [1.165, 1.54) is 0 Å². The van der Waals surface area contributed by atoms with Gasteiger partial charge in [-0.05, 0) is 55.4 Å². The van der Waals surface area contributed by atoms with Crippen molar-refractivity contribution in [2.75, 3.05) is 20.3 Å². The van der Waals surface area contributed by atoms with Gasteiger partial charge in [0.2, 0.25) is 0 Å². The average molecular weight is 403 g/mol. The SMILES string of the molecule is CCCOc1ccc(CNC(=S)NC(=O)c2ccccc2OCC)cc1OC. The summed E-state index contributed by atoms with van der Waals surface area (Å²) in [6.07, 6.45) is 0.923. The highest BCUT2D eigenvalue weighted by Gasteiger charge is 2.13. The van der Waals surface area contributed by atoms with Gasteiger partial charge in [0.15, 0.2) is 16.6 Å². The molecule has 0 fully saturated rings. The molecular weight excluding hydrogens is 376 g/mol. The van der Waals surface area contributed by atoms with E-state index in [0.29, 0.717) is 42.6 Å². The Morgan fingerprint density at radius 1 is 1.04 bits per heavy atom. The lowest BCUT2D eigenvalue weighted by molar-refractivity contribution is 0.0973. The number of ether oxygens (including phenoxy) is 3. The molecule has 150 valence electrons. The van der Waals surface area contributed by atoms with Crippen molar-refractivity contribution < 1.29 is 19.0 Å². The minimum Gasteiger partial charge on any atom is -0.493 e. The molecule has 0 heterocycles. The Bertz CT molecular complexity index is 811. The molecule has 0 aromatic heterocycles. The van der Waals surface area contributed by atoms with Crippen molar-refractivity contribution in [2.24, 2.45) is 0 Å². The molecule has 0 aliphatic carbocycles. The highest BCUT2D eigenvalue weighted by Crippen LogP contribution is 2.28. The van der Waals surface area contributed by atoms with Crippen molar-refractivity contribution in [2.45, 2.75) is 26.8 Å². The molecule has 2 rings (SSSR count). The van der Waals surface area contributed by atoms with Crippen LogP contribution in [0.2, 0.25) is 0 Å². The van der Waals surface area contributed by atoms with Crippen molar-refractivity contribution in [3.05, 3.63) is 53.6 Å². The number of benzene rings is 2. The standard InChI is InChI=1S/C21H26N2O4S/c1-4-12-27-18-11-10-15(13-19(18)25-3)14-22-21(28)23-20(24)16-8-6-7-9-17(16)26-5-2/h6-11,13H,4-5,12,14H2,1-3H3,(H2,22,23,24,28). The molecule has 0 spiro atoms. The van der Waals surface area contributed by atoms with E-state index in [-0.39, 0.29) is 11.0 Å². The Morgan fingerprint density at radius 2 is 1.82 bits per heavy atom. The molecule has 0 atom stereocenters. The fraction of sp³-hybridized carbons (Fsp3) is 0.333. The molecule has 2 N–H and O–H groups in total. The zero-order chi connectivity index (χ0) is 20.4. The number of amides is 1. The highest BCUT2D eigenvalue weighted by molar-refractivity contribution is 7.80. The smallest absolute Gasteiger partial charge is 0.261 e. The van der Waals surface area contributed by atoms with Gasteiger partial charge in [0, 0.05) is 6.54 Å². The maximum Gasteiger partial charge on any atom is 0.261 e. The van der Waals surface area contributed by atoms with Crippen LogP contribution < -0.4 is 24.8 Å². The van der Waals surface area contributed by atoms with Crippen LogP contribution in [0.1, 0.15) is 36.2 Å². The minimum atomic E-state index is -0.317. The summed E-state index contributed by atoms with van der Waals surface area (Å²) in [5.41, 5.74) is 1.39. The first-order chi connectivity index (χ1) is 13.6. The summed E-state index contributed by atoms with van der Waals surface area (Å²) in [4.78, 5) is 12.5. The molecular formula is C21H26N2O4S. The van der Waals surface area contributed by atoms with Crippen molar-refractivity contribution in [1.82, 2.24) is 10.6 Å². The van der Waals surface area contributed by atoms with Gasteiger partial charge >= 0.3 is 0 Å². The molecule has 2 aromatic carbocycles. The van der Waals surface area contributed by atoms with E-state index in [9.17, 15) is 4.79 Å². The average Bonchev–Trinajstić information content (AvgIpc) is 2.71. The summed E-state index contributed by atoms with van der Waals surface area (Å²) in [5.74, 6) is 1.57. The van der Waals surface area contributed by atoms with Crippen LogP contribution in [-0.2, 0) is 6.54 Å². The number of carbonyl (C=O) groups is 1. The quantitative estimate of drug-likeness (QED) is 0.624. The molecule has 7 heteroatoms. The van der Waals surface area contributed by atoms with Gasteiger partial charge in [-0.25, -0.2) is 0 Å². The van der Waals surface area contributed by atoms with E-state index in [0.717, 1.165) is 12.0 Å². The number of nitrogens with one attached hydrogen (secondary N) is 2. The molecule has 0 unspecified atom stereocenters. The molecule has 28 heavy (non-hydrogen) atoms. The van der Waals surface area contributed by atoms with Gasteiger partial charge in [0.1, 0.15) is 5.75 Å². The molecule has 0 bridgehead atoms. The molecule has 6 nitrogen and oxygen atoms in total. The summed E-state index contributed by atoms with van der Waals surface area (Å²) in [6, 6.07) is 12.7. The van der Waals surface area contributed by atoms with E-state index >= 15 is 0 Å². The maximum absolute atomic E-state index is 12.5. The van der Waals surface area contributed by atoms with Gasteiger partial charge in [0.05, 0.1) is 25.9 Å². The van der Waals surface area contributed by atoms with Gasteiger partial charge in [0.25, 0.3) is 5.91 Å². The Hall–Kier alpha value is -2.80. The third-order valence-electron chi connectivity index (χ3n) is 3.80. The first-order valence-corrected chi connectivity index (χ1v) is 9.60. The first-order valence-electron chi connectivity index (χ1n) is 9.19. The Kier molecular flexibility index (Phi) is 8.55. The van der Waals surface area contributed by atoms with Crippen molar-refractivity contribution >= 4 is 23.2 Å². The summed E-state index contributed by atoms with van der Waals surface area (Å²) >= 11 is 5.24. The second kappa shape index (κ2) is 11.1. The van der Waals surface area contributed by atoms with Gasteiger partial charge < -0.3 is 19.5 Å². The molecule has 1 amide bonds. The Morgan fingerprint density at radius 3 is 2.54 bits per heavy atom. The Balaban J connectivity index is 1.94. The maximum atomic E-state index is 12.5. The third kappa shape index (κ3) is 6.13. The fourth-order valence-corrected chi connectivity index (χ4v) is 2.65. The van der Waals surface area contributed by atoms with Crippen LogP contribution in [0.15, 0.2) is 42.5 Å². The third-order valence-corrected chi connectivity index (χ3v) is 4.05. The topological polar surface area (TPSA) is 68.8 Å². The van der Waals surface area contributed by atoms with Crippen LogP contribution in [0.5, 0.6) is 17.2 Å². The minimum absolute atomic E-state index is 0.238. The molecule has 0 radical (unpaired) electrons. The number of methoxy groups -OCH3 is 1. The van der Waals surface area contributed by atoms with Gasteiger partial charge in [-0.3, -0.25) is 10.1 Å². The van der Waals surface area contributed by atoms with Crippen molar-refractivity contribution in [3.8, 4) is 17.2 Å². The number of rotatable bonds is 9. The summed E-state index contributed by atoms with van der Waals surface area (Å²) in [6.45, 7) is 5.47. The van der Waals surface area contributed by atoms with Gasteiger partial charge in [-0.1, -0.05) is 25.1 Å². The van der Waals surface area contributed by atoms with Crippen LogP contribution >= 0.6 is 12.2 Å². The zero-order valence-electron chi connectivity index (χ0n) is 16.4. The van der Waals surface area contributed by atoms with Crippen molar-refractivity contribution in [1.29, 1.82) is 0 Å². The number of carbonyl (C=O) groups excluding carboxylic acids is 1. The van der Waals surface area contributed by atoms with Crippen LogP contribution in [0.25, 0.3) is 0 Å². The Labute approximate surface area is 171 Å². The normalized spacial score (nSPS) is 10.1. The number of hydrogen-bond acceptors (Lipinski definition) is 5. The van der Waals surface area contributed by atoms with Gasteiger partial charge in [-0.2, -0.15) is 0 Å². The fourth-order valence-electron chi connectivity index (χ4n) is 2.49. The lowest BCUT2D eigenvalue weighted by Gasteiger charge is -2.14. The highest BCUT2D eigenvalue weighted by atomic mass is 32.1. The largest absolute Gasteiger partial charge is 0.493 e. The van der Waals surface area contributed by atoms with E-state index in [4.69, 9.17) is 26.4 Å². The zero-order valence-corrected chi connectivity index (χ0v) is 17.2.